The predicted octanol–water partition coefficient (Wildman–Crippen LogP) is 4.13. The molecule has 0 bridgehead atoms. The number of rotatable bonds is 7. The number of ether oxygens (including phenoxy) is 2. The molecule has 0 unspecified atom stereocenters. The van der Waals surface area contributed by atoms with Crippen molar-refractivity contribution in [3.63, 3.8) is 0 Å². The lowest BCUT2D eigenvalue weighted by Crippen LogP contribution is -2.21. The van der Waals surface area contributed by atoms with Gasteiger partial charge in [0.15, 0.2) is 0 Å². The van der Waals surface area contributed by atoms with Crippen molar-refractivity contribution in [3.05, 3.63) is 58.7 Å². The minimum Gasteiger partial charge on any atom is -0.823 e. The van der Waals surface area contributed by atoms with Gasteiger partial charge in [-0.25, -0.2) is 0 Å². The summed E-state index contributed by atoms with van der Waals surface area (Å²) in [6.07, 6.45) is 0. The maximum absolute atomic E-state index is 12.9. The predicted molar refractivity (Wildman–Crippen MR) is 114 cm³/mol. The maximum Gasteiger partial charge on any atom is 0.119 e. The molecular formula is C23H30O3P-. The molecule has 146 valence electrons. The van der Waals surface area contributed by atoms with E-state index in [4.69, 9.17) is 9.47 Å². The molecule has 2 aromatic rings. The van der Waals surface area contributed by atoms with Gasteiger partial charge in [0.1, 0.15) is 12.4 Å². The Balaban J connectivity index is 2.17. The zero-order valence-corrected chi connectivity index (χ0v) is 18.2. The zero-order chi connectivity index (χ0) is 20.0. The molecule has 0 radical (unpaired) electrons. The summed E-state index contributed by atoms with van der Waals surface area (Å²) in [6, 6.07) is 12.0. The minimum atomic E-state index is 0.0762. The molecule has 0 N–H and O–H groups in total. The summed E-state index contributed by atoms with van der Waals surface area (Å²) in [7, 11) is 0.686. The molecule has 0 aromatic heterocycles. The summed E-state index contributed by atoms with van der Waals surface area (Å²) < 4.78 is 10.9. The second-order valence-electron chi connectivity index (χ2n) is 7.69. The van der Waals surface area contributed by atoms with Gasteiger partial charge in [0.05, 0.1) is 6.61 Å². The van der Waals surface area contributed by atoms with Crippen LogP contribution in [0.25, 0.3) is 0 Å². The van der Waals surface area contributed by atoms with E-state index in [1.165, 1.54) is 5.56 Å². The normalized spacial score (nSPS) is 12.3. The molecule has 0 aliphatic heterocycles. The fourth-order valence-corrected chi connectivity index (χ4v) is 3.88. The van der Waals surface area contributed by atoms with Crippen LogP contribution in [0.5, 0.6) is 5.75 Å². The van der Waals surface area contributed by atoms with Gasteiger partial charge >= 0.3 is 0 Å². The molecule has 0 aliphatic carbocycles. The minimum absolute atomic E-state index is 0.0762. The highest BCUT2D eigenvalue weighted by molar-refractivity contribution is 7.49. The van der Waals surface area contributed by atoms with Gasteiger partial charge in [-0.15, -0.1) is 5.48 Å². The molecule has 0 saturated carbocycles. The molecule has 0 aliphatic rings. The maximum atomic E-state index is 12.9. The molecule has 0 fully saturated rings. The van der Waals surface area contributed by atoms with Crippen LogP contribution in [0.2, 0.25) is 0 Å². The summed E-state index contributed by atoms with van der Waals surface area (Å²) >= 11 is 0. The lowest BCUT2D eigenvalue weighted by molar-refractivity contribution is -0.207. The Hall–Kier alpha value is -1.67. The van der Waals surface area contributed by atoms with Gasteiger partial charge in [0.2, 0.25) is 0 Å². The standard InChI is InChI=1S/C23H31O3P/c1-7-25-12-13-26-19-8-10-20(11-9-19)27-22(24)21-16(2)14-18(15-17(21)3)23(4,5)6/h8-11,14-15,24H,7,12-13H2,1-6H3/p-1. The Morgan fingerprint density at radius 2 is 1.59 bits per heavy atom. The molecule has 0 saturated heterocycles. The van der Waals surface area contributed by atoms with Crippen LogP contribution >= 0.6 is 8.20 Å². The van der Waals surface area contributed by atoms with Gasteiger partial charge in [-0.1, -0.05) is 41.1 Å². The van der Waals surface area contributed by atoms with E-state index in [1.54, 1.807) is 0 Å². The summed E-state index contributed by atoms with van der Waals surface area (Å²) in [5.74, 6) is 0.794. The SMILES string of the molecule is CCOCCOc1ccc(P=C([O-])c2c(C)cc(C(C)(C)C)cc2C)cc1. The molecule has 3 nitrogen and oxygen atoms in total. The van der Waals surface area contributed by atoms with Crippen LogP contribution in [-0.4, -0.2) is 25.3 Å². The fourth-order valence-electron chi connectivity index (χ4n) is 2.89. The zero-order valence-electron chi connectivity index (χ0n) is 17.3. The average Bonchev–Trinajstić information content (AvgIpc) is 2.58. The van der Waals surface area contributed by atoms with E-state index in [-0.39, 0.29) is 10.9 Å². The first-order valence-corrected chi connectivity index (χ1v) is 10.3. The third-order valence-corrected chi connectivity index (χ3v) is 5.36. The van der Waals surface area contributed by atoms with Crippen molar-refractivity contribution < 1.29 is 14.6 Å². The van der Waals surface area contributed by atoms with E-state index in [2.05, 4.69) is 32.9 Å². The Morgan fingerprint density at radius 1 is 1.00 bits per heavy atom. The van der Waals surface area contributed by atoms with Crippen molar-refractivity contribution in [2.45, 2.75) is 47.0 Å². The monoisotopic (exact) mass is 385 g/mol. The van der Waals surface area contributed by atoms with Gasteiger partial charge in [-0.3, -0.25) is 0 Å². The van der Waals surface area contributed by atoms with Gasteiger partial charge in [0, 0.05) is 11.9 Å². The summed E-state index contributed by atoms with van der Waals surface area (Å²) in [5, 5.41) is 13.9. The van der Waals surface area contributed by atoms with Crippen molar-refractivity contribution in [2.24, 2.45) is 0 Å². The highest BCUT2D eigenvalue weighted by Gasteiger charge is 2.16. The quantitative estimate of drug-likeness (QED) is 0.532. The molecule has 0 atom stereocenters. The van der Waals surface area contributed by atoms with Gasteiger partial charge in [-0.2, -0.15) is 0 Å². The fraction of sp³-hybridized carbons (Fsp3) is 0.435. The van der Waals surface area contributed by atoms with Crippen LogP contribution in [-0.2, 0) is 10.2 Å². The first-order valence-electron chi connectivity index (χ1n) is 9.40. The molecular weight excluding hydrogens is 355 g/mol. The number of benzene rings is 2. The van der Waals surface area contributed by atoms with E-state index < -0.39 is 0 Å². The highest BCUT2D eigenvalue weighted by Crippen LogP contribution is 2.27. The van der Waals surface area contributed by atoms with Crippen molar-refractivity contribution >= 4 is 19.0 Å². The van der Waals surface area contributed by atoms with Crippen molar-refractivity contribution in [3.8, 4) is 5.75 Å². The van der Waals surface area contributed by atoms with Crippen molar-refractivity contribution in [2.75, 3.05) is 19.8 Å². The first kappa shape index (κ1) is 21.6. The molecule has 0 spiro atoms. The lowest BCUT2D eigenvalue weighted by Gasteiger charge is -2.24. The highest BCUT2D eigenvalue weighted by atomic mass is 31.1. The second-order valence-corrected chi connectivity index (χ2v) is 8.84. The Bertz CT molecular complexity index is 763. The molecule has 4 heteroatoms. The number of hydrogen-bond acceptors (Lipinski definition) is 3. The van der Waals surface area contributed by atoms with Crippen LogP contribution in [0, 0.1) is 13.8 Å². The van der Waals surface area contributed by atoms with Crippen molar-refractivity contribution in [1.29, 1.82) is 0 Å². The summed E-state index contributed by atoms with van der Waals surface area (Å²) in [5.41, 5.74) is 4.41. The van der Waals surface area contributed by atoms with Gasteiger partial charge in [0.25, 0.3) is 0 Å². The Labute approximate surface area is 165 Å². The van der Waals surface area contributed by atoms with E-state index in [0.717, 1.165) is 27.7 Å². The Kier molecular flexibility index (Phi) is 7.61. The van der Waals surface area contributed by atoms with Crippen LogP contribution in [0.1, 0.15) is 49.9 Å². The van der Waals surface area contributed by atoms with Crippen molar-refractivity contribution in [1.82, 2.24) is 0 Å². The van der Waals surface area contributed by atoms with Gasteiger partial charge < -0.3 is 14.6 Å². The first-order chi connectivity index (χ1) is 12.7. The second kappa shape index (κ2) is 9.50. The third-order valence-electron chi connectivity index (χ3n) is 4.38. The van der Waals surface area contributed by atoms with E-state index in [1.807, 2.05) is 45.0 Å². The van der Waals surface area contributed by atoms with Crippen LogP contribution in [0.3, 0.4) is 0 Å². The average molecular weight is 385 g/mol. The lowest BCUT2D eigenvalue weighted by atomic mass is 9.84. The molecule has 0 heterocycles. The van der Waals surface area contributed by atoms with E-state index in [9.17, 15) is 5.11 Å². The molecule has 2 rings (SSSR count). The largest absolute Gasteiger partial charge is 0.823 e. The molecule has 27 heavy (non-hydrogen) atoms. The molecule has 2 aromatic carbocycles. The van der Waals surface area contributed by atoms with Crippen LogP contribution < -0.4 is 15.1 Å². The number of hydrogen-bond donors (Lipinski definition) is 0. The summed E-state index contributed by atoms with van der Waals surface area (Å²) in [4.78, 5) is 0. The molecule has 0 amide bonds. The van der Waals surface area contributed by atoms with Crippen LogP contribution in [0.4, 0.5) is 0 Å². The van der Waals surface area contributed by atoms with E-state index in [0.29, 0.717) is 28.0 Å². The number of aryl methyl sites for hydroxylation is 2. The van der Waals surface area contributed by atoms with Crippen LogP contribution in [0.15, 0.2) is 36.4 Å². The van der Waals surface area contributed by atoms with Gasteiger partial charge in [-0.05, 0) is 72.7 Å². The third kappa shape index (κ3) is 6.17. The topological polar surface area (TPSA) is 41.5 Å². The Morgan fingerprint density at radius 3 is 2.11 bits per heavy atom. The smallest absolute Gasteiger partial charge is 0.119 e. The summed E-state index contributed by atoms with van der Waals surface area (Å²) in [6.45, 7) is 14.4. The van der Waals surface area contributed by atoms with E-state index >= 15 is 0 Å².